The summed E-state index contributed by atoms with van der Waals surface area (Å²) in [7, 11) is 0. The van der Waals surface area contributed by atoms with Crippen molar-refractivity contribution in [3.63, 3.8) is 0 Å². The Labute approximate surface area is 94.9 Å². The van der Waals surface area contributed by atoms with Crippen molar-refractivity contribution < 1.29 is 4.74 Å². The van der Waals surface area contributed by atoms with Gasteiger partial charge in [0.05, 0.1) is 24.7 Å². The second-order valence-electron chi connectivity index (χ2n) is 3.51. The molecule has 84 valence electrons. The monoisotopic (exact) mass is 217 g/mol. The van der Waals surface area contributed by atoms with Gasteiger partial charge in [-0.15, -0.1) is 0 Å². The molecular weight excluding hydrogens is 202 g/mol. The second kappa shape index (κ2) is 5.30. The van der Waals surface area contributed by atoms with E-state index in [1.54, 1.807) is 17.2 Å². The van der Waals surface area contributed by atoms with Crippen molar-refractivity contribution in [1.82, 2.24) is 15.0 Å². The number of unbranched alkanes of at least 4 members (excludes halogenated alkanes) is 1. The van der Waals surface area contributed by atoms with Crippen molar-refractivity contribution in [1.29, 1.82) is 0 Å². The van der Waals surface area contributed by atoms with Crippen molar-refractivity contribution in [3.8, 4) is 11.4 Å². The van der Waals surface area contributed by atoms with Crippen LogP contribution >= 0.6 is 0 Å². The van der Waals surface area contributed by atoms with Crippen LogP contribution in [-0.2, 0) is 0 Å². The van der Waals surface area contributed by atoms with Crippen LogP contribution in [0.3, 0.4) is 0 Å². The second-order valence-corrected chi connectivity index (χ2v) is 3.51. The molecule has 2 aromatic rings. The zero-order chi connectivity index (χ0) is 11.2. The summed E-state index contributed by atoms with van der Waals surface area (Å²) in [6, 6.07) is 7.77. The molecule has 0 aliphatic carbocycles. The zero-order valence-corrected chi connectivity index (χ0v) is 9.34. The summed E-state index contributed by atoms with van der Waals surface area (Å²) in [5, 5.41) is 8.11. The van der Waals surface area contributed by atoms with E-state index in [0.29, 0.717) is 0 Å². The fourth-order valence-electron chi connectivity index (χ4n) is 1.36. The van der Waals surface area contributed by atoms with Crippen LogP contribution in [0.25, 0.3) is 5.69 Å². The van der Waals surface area contributed by atoms with E-state index in [0.717, 1.165) is 30.9 Å². The average molecular weight is 217 g/mol. The van der Waals surface area contributed by atoms with E-state index in [1.807, 2.05) is 24.3 Å². The first kappa shape index (κ1) is 10.7. The molecule has 16 heavy (non-hydrogen) atoms. The molecule has 1 aromatic carbocycles. The molecule has 0 radical (unpaired) electrons. The Morgan fingerprint density at radius 1 is 1.12 bits per heavy atom. The minimum Gasteiger partial charge on any atom is -0.494 e. The summed E-state index contributed by atoms with van der Waals surface area (Å²) >= 11 is 0. The molecule has 0 aliphatic rings. The van der Waals surface area contributed by atoms with Gasteiger partial charge >= 0.3 is 0 Å². The summed E-state index contributed by atoms with van der Waals surface area (Å²) < 4.78 is 5.57. The van der Waals surface area contributed by atoms with E-state index < -0.39 is 0 Å². The van der Waals surface area contributed by atoms with Crippen LogP contribution in [0.5, 0.6) is 5.75 Å². The molecule has 0 unspecified atom stereocenters. The fourth-order valence-corrected chi connectivity index (χ4v) is 1.36. The largest absolute Gasteiger partial charge is 0.494 e. The third-order valence-electron chi connectivity index (χ3n) is 2.25. The Hall–Kier alpha value is -1.84. The first-order valence-electron chi connectivity index (χ1n) is 5.49. The molecule has 2 rings (SSSR count). The van der Waals surface area contributed by atoms with Crippen molar-refractivity contribution >= 4 is 0 Å². The molecule has 1 heterocycles. The van der Waals surface area contributed by atoms with Crippen molar-refractivity contribution in [2.45, 2.75) is 19.8 Å². The third-order valence-corrected chi connectivity index (χ3v) is 2.25. The highest BCUT2D eigenvalue weighted by Gasteiger charge is 1.98. The van der Waals surface area contributed by atoms with Crippen LogP contribution in [0.15, 0.2) is 36.7 Å². The maximum atomic E-state index is 5.57. The summed E-state index contributed by atoms with van der Waals surface area (Å²) in [6.45, 7) is 2.92. The molecule has 0 bridgehead atoms. The molecular formula is C12H15N3O. The van der Waals surface area contributed by atoms with Crippen LogP contribution in [0.4, 0.5) is 0 Å². The molecule has 1 aromatic heterocycles. The maximum Gasteiger partial charge on any atom is 0.119 e. The predicted octanol–water partition coefficient (Wildman–Crippen LogP) is 2.45. The van der Waals surface area contributed by atoms with Gasteiger partial charge in [0.15, 0.2) is 0 Å². The number of aromatic nitrogens is 3. The molecule has 0 N–H and O–H groups in total. The molecule has 0 saturated carbocycles. The molecule has 4 heteroatoms. The lowest BCUT2D eigenvalue weighted by Gasteiger charge is -2.05. The summed E-state index contributed by atoms with van der Waals surface area (Å²) in [5.41, 5.74) is 0.938. The van der Waals surface area contributed by atoms with Gasteiger partial charge < -0.3 is 4.74 Å². The molecule has 4 nitrogen and oxygen atoms in total. The van der Waals surface area contributed by atoms with Gasteiger partial charge in [0.1, 0.15) is 5.75 Å². The lowest BCUT2D eigenvalue weighted by Crippen LogP contribution is -1.99. The van der Waals surface area contributed by atoms with E-state index in [2.05, 4.69) is 17.1 Å². The van der Waals surface area contributed by atoms with Crippen LogP contribution in [0.2, 0.25) is 0 Å². The molecule has 0 saturated heterocycles. The Morgan fingerprint density at radius 3 is 2.44 bits per heavy atom. The number of hydrogen-bond acceptors (Lipinski definition) is 3. The Morgan fingerprint density at radius 2 is 1.81 bits per heavy atom. The van der Waals surface area contributed by atoms with E-state index in [1.165, 1.54) is 0 Å². The summed E-state index contributed by atoms with van der Waals surface area (Å²) in [4.78, 5) is 1.58. The van der Waals surface area contributed by atoms with E-state index >= 15 is 0 Å². The Bertz CT molecular complexity index is 408. The summed E-state index contributed by atoms with van der Waals surface area (Å²) in [6.07, 6.45) is 5.55. The van der Waals surface area contributed by atoms with Crippen LogP contribution in [0, 0.1) is 0 Å². The number of ether oxygens (including phenoxy) is 1. The van der Waals surface area contributed by atoms with Gasteiger partial charge in [-0.1, -0.05) is 13.3 Å². The normalized spacial score (nSPS) is 10.3. The highest BCUT2D eigenvalue weighted by Crippen LogP contribution is 2.14. The van der Waals surface area contributed by atoms with Crippen LogP contribution in [-0.4, -0.2) is 21.6 Å². The molecule has 0 spiro atoms. The lowest BCUT2D eigenvalue weighted by molar-refractivity contribution is 0.309. The smallest absolute Gasteiger partial charge is 0.119 e. The standard InChI is InChI=1S/C12H15N3O/c1-2-3-10-16-12-6-4-11(5-7-12)15-13-8-9-14-15/h4-9H,2-3,10H2,1H3. The van der Waals surface area contributed by atoms with Crippen molar-refractivity contribution in [3.05, 3.63) is 36.7 Å². The molecule has 0 fully saturated rings. The minimum atomic E-state index is 0.774. The van der Waals surface area contributed by atoms with Gasteiger partial charge in [0.25, 0.3) is 0 Å². The van der Waals surface area contributed by atoms with Crippen LogP contribution in [0.1, 0.15) is 19.8 Å². The zero-order valence-electron chi connectivity index (χ0n) is 9.34. The number of hydrogen-bond donors (Lipinski definition) is 0. The first-order valence-corrected chi connectivity index (χ1v) is 5.49. The minimum absolute atomic E-state index is 0.774. The van der Waals surface area contributed by atoms with Gasteiger partial charge in [0.2, 0.25) is 0 Å². The first-order chi connectivity index (χ1) is 7.90. The fraction of sp³-hybridized carbons (Fsp3) is 0.333. The predicted molar refractivity (Wildman–Crippen MR) is 61.8 cm³/mol. The average Bonchev–Trinajstić information content (AvgIpc) is 2.84. The maximum absolute atomic E-state index is 5.57. The quantitative estimate of drug-likeness (QED) is 0.722. The van der Waals surface area contributed by atoms with E-state index in [-0.39, 0.29) is 0 Å². The van der Waals surface area contributed by atoms with Gasteiger partial charge in [0, 0.05) is 0 Å². The summed E-state index contributed by atoms with van der Waals surface area (Å²) in [5.74, 6) is 0.893. The lowest BCUT2D eigenvalue weighted by atomic mass is 10.3. The van der Waals surface area contributed by atoms with Gasteiger partial charge in [-0.3, -0.25) is 0 Å². The third kappa shape index (κ3) is 2.59. The molecule has 0 aliphatic heterocycles. The Balaban J connectivity index is 2.00. The van der Waals surface area contributed by atoms with Crippen molar-refractivity contribution in [2.75, 3.05) is 6.61 Å². The number of nitrogens with zero attached hydrogens (tertiary/aromatic N) is 3. The molecule has 0 atom stereocenters. The van der Waals surface area contributed by atoms with Gasteiger partial charge in [-0.05, 0) is 30.7 Å². The highest BCUT2D eigenvalue weighted by molar-refractivity contribution is 5.35. The Kier molecular flexibility index (Phi) is 3.53. The van der Waals surface area contributed by atoms with E-state index in [4.69, 9.17) is 4.74 Å². The van der Waals surface area contributed by atoms with Crippen molar-refractivity contribution in [2.24, 2.45) is 0 Å². The van der Waals surface area contributed by atoms with Gasteiger partial charge in [-0.2, -0.15) is 15.0 Å². The SMILES string of the molecule is CCCCOc1ccc(-n2nccn2)cc1. The number of benzene rings is 1. The highest BCUT2D eigenvalue weighted by atomic mass is 16.5. The topological polar surface area (TPSA) is 39.9 Å². The van der Waals surface area contributed by atoms with Crippen LogP contribution < -0.4 is 4.74 Å². The molecule has 0 amide bonds. The number of rotatable bonds is 5. The van der Waals surface area contributed by atoms with Gasteiger partial charge in [-0.25, -0.2) is 0 Å². The van der Waals surface area contributed by atoms with E-state index in [9.17, 15) is 0 Å².